The van der Waals surface area contributed by atoms with Crippen molar-refractivity contribution in [3.63, 3.8) is 0 Å². The molecule has 0 radical (unpaired) electrons. The minimum Gasteiger partial charge on any atom is -0.384 e. The van der Waals surface area contributed by atoms with E-state index in [9.17, 15) is 0 Å². The highest BCUT2D eigenvalue weighted by atomic mass is 14.7. The van der Waals surface area contributed by atoms with Crippen LogP contribution in [0.4, 0.5) is 0 Å². The summed E-state index contributed by atoms with van der Waals surface area (Å²) in [6.07, 6.45) is 6.59. The van der Waals surface area contributed by atoms with Crippen molar-refractivity contribution in [3.8, 4) is 22.3 Å². The predicted octanol–water partition coefficient (Wildman–Crippen LogP) is 2.38. The summed E-state index contributed by atoms with van der Waals surface area (Å²) in [6.45, 7) is 0. The lowest BCUT2D eigenvalue weighted by molar-refractivity contribution is 1.29. The summed E-state index contributed by atoms with van der Waals surface area (Å²) in [4.78, 5) is 8.29. The molecule has 2 aromatic heterocycles. The lowest BCUT2D eigenvalue weighted by Gasteiger charge is -2.08. The molecular weight excluding hydrogens is 300 g/mol. The van der Waals surface area contributed by atoms with Gasteiger partial charge in [0.15, 0.2) is 0 Å². The fourth-order valence-electron chi connectivity index (χ4n) is 2.37. The fourth-order valence-corrected chi connectivity index (χ4v) is 2.37. The standard InChI is InChI=1S/C18H16N6/c19-17(20)15-5-13(7-23-9-15)11-2-1-3-12(4-11)14-6-16(18(21)22)10-24-8-14/h1-10H,(H3,19,20)(H3,21,22). The number of aromatic nitrogens is 2. The van der Waals surface area contributed by atoms with Crippen LogP contribution in [0.25, 0.3) is 22.3 Å². The topological polar surface area (TPSA) is 126 Å². The molecule has 6 nitrogen and oxygen atoms in total. The van der Waals surface area contributed by atoms with Crippen molar-refractivity contribution in [2.75, 3.05) is 0 Å². The number of pyridine rings is 2. The van der Waals surface area contributed by atoms with Crippen molar-refractivity contribution in [2.24, 2.45) is 11.5 Å². The number of rotatable bonds is 4. The van der Waals surface area contributed by atoms with Gasteiger partial charge in [-0.2, -0.15) is 0 Å². The second-order valence-electron chi connectivity index (χ2n) is 5.33. The molecule has 6 N–H and O–H groups in total. The van der Waals surface area contributed by atoms with Crippen molar-refractivity contribution >= 4 is 11.7 Å². The largest absolute Gasteiger partial charge is 0.384 e. The normalized spacial score (nSPS) is 10.3. The van der Waals surface area contributed by atoms with Crippen molar-refractivity contribution < 1.29 is 0 Å². The Kier molecular flexibility index (Phi) is 4.03. The molecule has 1 aromatic carbocycles. The van der Waals surface area contributed by atoms with Crippen molar-refractivity contribution in [1.29, 1.82) is 10.8 Å². The van der Waals surface area contributed by atoms with Gasteiger partial charge in [-0.05, 0) is 29.3 Å². The summed E-state index contributed by atoms with van der Waals surface area (Å²) in [5, 5.41) is 15.1. The fraction of sp³-hybridized carbons (Fsp3) is 0. The van der Waals surface area contributed by atoms with Crippen molar-refractivity contribution in [2.45, 2.75) is 0 Å². The molecule has 0 spiro atoms. The van der Waals surface area contributed by atoms with Crippen LogP contribution in [0.3, 0.4) is 0 Å². The van der Waals surface area contributed by atoms with E-state index in [-0.39, 0.29) is 11.7 Å². The Bertz CT molecular complexity index is 859. The first-order valence-corrected chi connectivity index (χ1v) is 7.24. The maximum Gasteiger partial charge on any atom is 0.124 e. The van der Waals surface area contributed by atoms with E-state index in [2.05, 4.69) is 9.97 Å². The Morgan fingerprint density at radius 3 is 1.54 bits per heavy atom. The molecule has 0 aliphatic carbocycles. The Hall–Kier alpha value is -3.54. The monoisotopic (exact) mass is 316 g/mol. The first-order chi connectivity index (χ1) is 11.5. The van der Waals surface area contributed by atoms with Crippen LogP contribution in [-0.2, 0) is 0 Å². The number of benzene rings is 1. The second-order valence-corrected chi connectivity index (χ2v) is 5.33. The molecule has 0 aliphatic heterocycles. The molecule has 2 heterocycles. The van der Waals surface area contributed by atoms with E-state index >= 15 is 0 Å². The molecular formula is C18H16N6. The first-order valence-electron chi connectivity index (χ1n) is 7.24. The van der Waals surface area contributed by atoms with Crippen LogP contribution in [0.5, 0.6) is 0 Å². The molecule has 24 heavy (non-hydrogen) atoms. The van der Waals surface area contributed by atoms with Gasteiger partial charge < -0.3 is 11.5 Å². The van der Waals surface area contributed by atoms with Gasteiger partial charge in [0.25, 0.3) is 0 Å². The highest BCUT2D eigenvalue weighted by molar-refractivity contribution is 5.96. The molecule has 3 rings (SSSR count). The van der Waals surface area contributed by atoms with E-state index in [0.29, 0.717) is 11.1 Å². The zero-order chi connectivity index (χ0) is 17.1. The number of nitrogens with two attached hydrogens (primary N) is 2. The molecule has 0 aliphatic rings. The van der Waals surface area contributed by atoms with Crippen LogP contribution in [0, 0.1) is 10.8 Å². The van der Waals surface area contributed by atoms with E-state index in [4.69, 9.17) is 22.3 Å². The summed E-state index contributed by atoms with van der Waals surface area (Å²) in [7, 11) is 0. The third-order valence-corrected chi connectivity index (χ3v) is 3.63. The van der Waals surface area contributed by atoms with Crippen molar-refractivity contribution in [3.05, 3.63) is 72.3 Å². The van der Waals surface area contributed by atoms with Gasteiger partial charge >= 0.3 is 0 Å². The second kappa shape index (κ2) is 6.29. The number of nitrogen functional groups attached to an aromatic ring is 2. The molecule has 0 unspecified atom stereocenters. The molecule has 0 fully saturated rings. The number of nitrogens with one attached hydrogen (secondary N) is 2. The predicted molar refractivity (Wildman–Crippen MR) is 94.9 cm³/mol. The summed E-state index contributed by atoms with van der Waals surface area (Å²) in [5.74, 6) is -0.0299. The van der Waals surface area contributed by atoms with Gasteiger partial charge in [-0.25, -0.2) is 0 Å². The highest BCUT2D eigenvalue weighted by Gasteiger charge is 2.06. The maximum absolute atomic E-state index is 7.53. The average molecular weight is 316 g/mol. The lowest BCUT2D eigenvalue weighted by Crippen LogP contribution is -2.11. The number of amidine groups is 2. The van der Waals surface area contributed by atoms with E-state index in [1.165, 1.54) is 0 Å². The number of hydrogen-bond donors (Lipinski definition) is 4. The summed E-state index contributed by atoms with van der Waals surface area (Å²) < 4.78 is 0. The summed E-state index contributed by atoms with van der Waals surface area (Å²) >= 11 is 0. The molecule has 6 heteroatoms. The minimum absolute atomic E-state index is 0.0149. The van der Waals surface area contributed by atoms with Gasteiger partial charge in [0.2, 0.25) is 0 Å². The van der Waals surface area contributed by atoms with Crippen LogP contribution in [0.15, 0.2) is 61.2 Å². The molecule has 118 valence electrons. The SMILES string of the molecule is N=C(N)c1cncc(-c2cccc(-c3cncc(C(=N)N)c3)c2)c1. The third-order valence-electron chi connectivity index (χ3n) is 3.63. The quantitative estimate of drug-likeness (QED) is 0.435. The highest BCUT2D eigenvalue weighted by Crippen LogP contribution is 2.26. The minimum atomic E-state index is -0.0149. The smallest absolute Gasteiger partial charge is 0.124 e. The van der Waals surface area contributed by atoms with Crippen LogP contribution in [0.1, 0.15) is 11.1 Å². The maximum atomic E-state index is 7.53. The van der Waals surface area contributed by atoms with Crippen LogP contribution < -0.4 is 11.5 Å². The first kappa shape index (κ1) is 15.4. The Morgan fingerprint density at radius 2 is 1.12 bits per heavy atom. The molecule has 0 saturated carbocycles. The van der Waals surface area contributed by atoms with Gasteiger partial charge in [-0.3, -0.25) is 20.8 Å². The zero-order valence-corrected chi connectivity index (χ0v) is 12.8. The summed E-state index contributed by atoms with van der Waals surface area (Å²) in [6, 6.07) is 11.5. The number of hydrogen-bond acceptors (Lipinski definition) is 4. The zero-order valence-electron chi connectivity index (χ0n) is 12.8. The average Bonchev–Trinajstić information content (AvgIpc) is 2.62. The van der Waals surface area contributed by atoms with Crippen LogP contribution >= 0.6 is 0 Å². The van der Waals surface area contributed by atoms with E-state index < -0.39 is 0 Å². The van der Waals surface area contributed by atoms with Gasteiger partial charge in [-0.1, -0.05) is 18.2 Å². The molecule has 0 bridgehead atoms. The Balaban J connectivity index is 2.04. The van der Waals surface area contributed by atoms with E-state index in [0.717, 1.165) is 22.3 Å². The van der Waals surface area contributed by atoms with Gasteiger partial charge in [0.1, 0.15) is 11.7 Å². The summed E-state index contributed by atoms with van der Waals surface area (Å²) in [5.41, 5.74) is 15.9. The van der Waals surface area contributed by atoms with E-state index in [1.54, 1.807) is 24.8 Å². The molecule has 3 aromatic rings. The van der Waals surface area contributed by atoms with Crippen LogP contribution in [0.2, 0.25) is 0 Å². The Morgan fingerprint density at radius 1 is 0.667 bits per heavy atom. The van der Waals surface area contributed by atoms with Gasteiger partial charge in [0.05, 0.1) is 0 Å². The van der Waals surface area contributed by atoms with Crippen molar-refractivity contribution in [1.82, 2.24) is 9.97 Å². The third kappa shape index (κ3) is 3.12. The Labute approximate surface area is 139 Å². The van der Waals surface area contributed by atoms with Crippen LogP contribution in [-0.4, -0.2) is 21.6 Å². The lowest BCUT2D eigenvalue weighted by atomic mass is 9.99. The number of nitrogens with zero attached hydrogens (tertiary/aromatic N) is 2. The molecule has 0 atom stereocenters. The van der Waals surface area contributed by atoms with Gasteiger partial charge in [0, 0.05) is 47.0 Å². The van der Waals surface area contributed by atoms with Gasteiger partial charge in [-0.15, -0.1) is 0 Å². The van der Waals surface area contributed by atoms with E-state index in [1.807, 2.05) is 36.4 Å². The molecule has 0 saturated heterocycles. The molecule has 0 amide bonds.